The van der Waals surface area contributed by atoms with Crippen LogP contribution < -0.4 is 5.73 Å². The molecule has 0 aliphatic carbocycles. The number of carboxylic acids is 2. The summed E-state index contributed by atoms with van der Waals surface area (Å²) in [7, 11) is 0. The Labute approximate surface area is 111 Å². The number of aliphatic carboxylic acids is 2. The maximum Gasteiger partial charge on any atom is 0.309 e. The fourth-order valence-corrected chi connectivity index (χ4v) is 2.23. The van der Waals surface area contributed by atoms with Gasteiger partial charge in [0.2, 0.25) is 5.91 Å². The van der Waals surface area contributed by atoms with Gasteiger partial charge in [-0.1, -0.05) is 6.92 Å². The van der Waals surface area contributed by atoms with Crippen LogP contribution in [0, 0.1) is 17.8 Å². The number of rotatable bonds is 5. The molecule has 1 heterocycles. The number of piperidine rings is 1. The molecule has 0 saturated carbocycles. The number of nitrogens with two attached hydrogens (primary N) is 1. The first-order valence-corrected chi connectivity index (χ1v) is 6.30. The van der Waals surface area contributed by atoms with Gasteiger partial charge in [-0.2, -0.15) is 0 Å². The number of amides is 1. The van der Waals surface area contributed by atoms with Crippen LogP contribution in [0.2, 0.25) is 0 Å². The predicted molar refractivity (Wildman–Crippen MR) is 66.3 cm³/mol. The summed E-state index contributed by atoms with van der Waals surface area (Å²) >= 11 is 0. The number of carbonyl (C=O) groups excluding carboxylic acids is 1. The molecule has 108 valence electrons. The van der Waals surface area contributed by atoms with Crippen LogP contribution in [0.25, 0.3) is 0 Å². The minimum absolute atomic E-state index is 0.0352. The molecule has 4 N–H and O–H groups in total. The van der Waals surface area contributed by atoms with E-state index >= 15 is 0 Å². The van der Waals surface area contributed by atoms with Gasteiger partial charge in [0, 0.05) is 19.5 Å². The highest BCUT2D eigenvalue weighted by Gasteiger charge is 2.40. The molecule has 7 nitrogen and oxygen atoms in total. The second-order valence-electron chi connectivity index (χ2n) is 5.06. The summed E-state index contributed by atoms with van der Waals surface area (Å²) in [4.78, 5) is 35.5. The summed E-state index contributed by atoms with van der Waals surface area (Å²) in [5.74, 6) is -4.37. The van der Waals surface area contributed by atoms with Crippen molar-refractivity contribution in [2.24, 2.45) is 23.5 Å². The van der Waals surface area contributed by atoms with Crippen LogP contribution in [-0.2, 0) is 14.4 Å². The molecule has 0 aromatic rings. The summed E-state index contributed by atoms with van der Waals surface area (Å²) in [6.07, 6.45) is 0.440. The van der Waals surface area contributed by atoms with Crippen molar-refractivity contribution in [3.8, 4) is 0 Å². The van der Waals surface area contributed by atoms with Crippen LogP contribution in [0.5, 0.6) is 0 Å². The normalized spacial score (nSPS) is 24.8. The van der Waals surface area contributed by atoms with Gasteiger partial charge >= 0.3 is 11.9 Å². The maximum atomic E-state index is 11.9. The zero-order valence-corrected chi connectivity index (χ0v) is 10.9. The molecule has 1 saturated heterocycles. The second kappa shape index (κ2) is 6.51. The fourth-order valence-electron chi connectivity index (χ4n) is 2.23. The zero-order valence-electron chi connectivity index (χ0n) is 10.9. The van der Waals surface area contributed by atoms with Gasteiger partial charge in [0.05, 0.1) is 11.8 Å². The lowest BCUT2D eigenvalue weighted by molar-refractivity contribution is -0.159. The Kier molecular flexibility index (Phi) is 5.29. The first kappa shape index (κ1) is 15.4. The Bertz CT molecular complexity index is 371. The van der Waals surface area contributed by atoms with E-state index in [-0.39, 0.29) is 37.8 Å². The highest BCUT2D eigenvalue weighted by atomic mass is 16.4. The van der Waals surface area contributed by atoms with E-state index in [0.29, 0.717) is 6.54 Å². The molecule has 1 aliphatic heterocycles. The maximum absolute atomic E-state index is 11.9. The van der Waals surface area contributed by atoms with Gasteiger partial charge in [-0.15, -0.1) is 0 Å². The van der Waals surface area contributed by atoms with E-state index in [1.54, 1.807) is 0 Å². The van der Waals surface area contributed by atoms with Crippen molar-refractivity contribution in [3.63, 3.8) is 0 Å². The summed E-state index contributed by atoms with van der Waals surface area (Å²) < 4.78 is 0. The minimum atomic E-state index is -1.17. The van der Waals surface area contributed by atoms with Gasteiger partial charge in [0.1, 0.15) is 0 Å². The highest BCUT2D eigenvalue weighted by Crippen LogP contribution is 2.25. The van der Waals surface area contributed by atoms with Crippen LogP contribution in [0.1, 0.15) is 19.8 Å². The lowest BCUT2D eigenvalue weighted by Crippen LogP contribution is -2.49. The van der Waals surface area contributed by atoms with Crippen LogP contribution in [0.15, 0.2) is 0 Å². The molecule has 1 fully saturated rings. The lowest BCUT2D eigenvalue weighted by Gasteiger charge is -2.35. The van der Waals surface area contributed by atoms with Crippen molar-refractivity contribution in [3.05, 3.63) is 0 Å². The molecule has 0 bridgehead atoms. The van der Waals surface area contributed by atoms with E-state index in [1.165, 1.54) is 4.90 Å². The number of carbonyl (C=O) groups is 3. The molecule has 19 heavy (non-hydrogen) atoms. The standard InChI is InChI=1S/C12H20N2O5/c1-7(5-13)4-10(15)14-3-2-8(11(16)17)9(6-14)12(18)19/h7-9H,2-6,13H2,1H3,(H,16,17)(H,18,19). The van der Waals surface area contributed by atoms with Crippen LogP contribution in [-0.4, -0.2) is 52.6 Å². The number of likely N-dealkylation sites (tertiary alicyclic amines) is 1. The van der Waals surface area contributed by atoms with E-state index < -0.39 is 23.8 Å². The van der Waals surface area contributed by atoms with Gasteiger partial charge in [-0.3, -0.25) is 14.4 Å². The monoisotopic (exact) mass is 272 g/mol. The third-order valence-electron chi connectivity index (χ3n) is 3.53. The smallest absolute Gasteiger partial charge is 0.309 e. The average Bonchev–Trinajstić information content (AvgIpc) is 2.37. The number of hydrogen-bond donors (Lipinski definition) is 3. The van der Waals surface area contributed by atoms with Crippen molar-refractivity contribution in [1.82, 2.24) is 4.90 Å². The van der Waals surface area contributed by atoms with Gasteiger partial charge in [0.15, 0.2) is 0 Å². The molecule has 1 aliphatic rings. The third-order valence-corrected chi connectivity index (χ3v) is 3.53. The SMILES string of the molecule is CC(CN)CC(=O)N1CCC(C(=O)O)C(C(=O)O)C1. The minimum Gasteiger partial charge on any atom is -0.481 e. The molecule has 0 spiro atoms. The Morgan fingerprint density at radius 1 is 1.26 bits per heavy atom. The van der Waals surface area contributed by atoms with Crippen molar-refractivity contribution >= 4 is 17.8 Å². The Morgan fingerprint density at radius 3 is 2.32 bits per heavy atom. The van der Waals surface area contributed by atoms with Gasteiger partial charge in [-0.05, 0) is 18.9 Å². The lowest BCUT2D eigenvalue weighted by atomic mass is 9.85. The van der Waals surface area contributed by atoms with Crippen molar-refractivity contribution in [2.45, 2.75) is 19.8 Å². The van der Waals surface area contributed by atoms with Gasteiger partial charge in [-0.25, -0.2) is 0 Å². The first-order chi connectivity index (χ1) is 8.86. The molecule has 0 aromatic carbocycles. The number of carboxylic acid groups (broad SMARTS) is 2. The summed E-state index contributed by atoms with van der Waals surface area (Å²) in [5.41, 5.74) is 5.44. The molecule has 1 rings (SSSR count). The molecule has 7 heteroatoms. The molecular weight excluding hydrogens is 252 g/mol. The van der Waals surface area contributed by atoms with Crippen LogP contribution >= 0.6 is 0 Å². The molecular formula is C12H20N2O5. The largest absolute Gasteiger partial charge is 0.481 e. The van der Waals surface area contributed by atoms with Crippen LogP contribution in [0.4, 0.5) is 0 Å². The van der Waals surface area contributed by atoms with E-state index in [0.717, 1.165) is 0 Å². The van der Waals surface area contributed by atoms with E-state index in [2.05, 4.69) is 0 Å². The zero-order chi connectivity index (χ0) is 14.6. The summed E-state index contributed by atoms with van der Waals surface area (Å²) in [6, 6.07) is 0. The molecule has 0 aromatic heterocycles. The second-order valence-corrected chi connectivity index (χ2v) is 5.06. The van der Waals surface area contributed by atoms with Crippen molar-refractivity contribution < 1.29 is 24.6 Å². The quantitative estimate of drug-likeness (QED) is 0.626. The average molecular weight is 272 g/mol. The Balaban J connectivity index is 2.68. The van der Waals surface area contributed by atoms with Crippen molar-refractivity contribution in [1.29, 1.82) is 0 Å². The summed E-state index contributed by atoms with van der Waals surface area (Å²) in [5, 5.41) is 18.0. The molecule has 1 amide bonds. The van der Waals surface area contributed by atoms with Crippen LogP contribution in [0.3, 0.4) is 0 Å². The Morgan fingerprint density at radius 2 is 1.84 bits per heavy atom. The van der Waals surface area contributed by atoms with Gasteiger partial charge in [0.25, 0.3) is 0 Å². The van der Waals surface area contributed by atoms with E-state index in [9.17, 15) is 14.4 Å². The fraction of sp³-hybridized carbons (Fsp3) is 0.750. The summed E-state index contributed by atoms with van der Waals surface area (Å²) in [6.45, 7) is 2.48. The topological polar surface area (TPSA) is 121 Å². The predicted octanol–water partition coefficient (Wildman–Crippen LogP) is -0.395. The van der Waals surface area contributed by atoms with E-state index in [1.807, 2.05) is 6.92 Å². The van der Waals surface area contributed by atoms with Gasteiger partial charge < -0.3 is 20.8 Å². The van der Waals surface area contributed by atoms with Crippen molar-refractivity contribution in [2.75, 3.05) is 19.6 Å². The highest BCUT2D eigenvalue weighted by molar-refractivity contribution is 5.82. The third kappa shape index (κ3) is 3.92. The number of hydrogen-bond acceptors (Lipinski definition) is 4. The molecule has 0 radical (unpaired) electrons. The molecule has 3 unspecified atom stereocenters. The molecule has 3 atom stereocenters. The Hall–Kier alpha value is -1.63. The first-order valence-electron chi connectivity index (χ1n) is 6.30. The van der Waals surface area contributed by atoms with E-state index in [4.69, 9.17) is 15.9 Å². The number of nitrogens with zero attached hydrogens (tertiary/aromatic N) is 1.